The smallest absolute Gasteiger partial charge is 0.155 e. The van der Waals surface area contributed by atoms with Crippen LogP contribution in [0.15, 0.2) is 11.6 Å². The summed E-state index contributed by atoms with van der Waals surface area (Å²) in [4.78, 5) is 12.1. The van der Waals surface area contributed by atoms with Crippen molar-refractivity contribution in [3.05, 3.63) is 11.6 Å². The lowest BCUT2D eigenvalue weighted by Gasteiger charge is -2.62. The Labute approximate surface area is 145 Å². The van der Waals surface area contributed by atoms with Gasteiger partial charge < -0.3 is 10.2 Å². The molecule has 0 heterocycles. The van der Waals surface area contributed by atoms with Gasteiger partial charge in [-0.3, -0.25) is 4.79 Å². The molecule has 0 amide bonds. The number of aliphatic hydroxyl groups excluding tert-OH is 2. The van der Waals surface area contributed by atoms with E-state index in [4.69, 9.17) is 0 Å². The molecule has 0 aromatic rings. The molecule has 4 rings (SSSR count). The Balaban J connectivity index is 1.79. The van der Waals surface area contributed by atoms with Crippen molar-refractivity contribution < 1.29 is 15.0 Å². The third-order valence-electron chi connectivity index (χ3n) is 8.72. The van der Waals surface area contributed by atoms with Gasteiger partial charge in [-0.2, -0.15) is 0 Å². The number of rotatable bonds is 1. The molecule has 3 saturated carbocycles. The van der Waals surface area contributed by atoms with E-state index in [1.807, 2.05) is 6.08 Å². The average Bonchev–Trinajstić information content (AvgIpc) is 2.82. The molecule has 2 N–H and O–H groups in total. The first-order valence-corrected chi connectivity index (χ1v) is 9.87. The quantitative estimate of drug-likeness (QED) is 0.774. The van der Waals surface area contributed by atoms with Crippen LogP contribution in [0.25, 0.3) is 0 Å². The van der Waals surface area contributed by atoms with Crippen LogP contribution in [0.5, 0.6) is 0 Å². The Hall–Kier alpha value is -0.670. The number of hydrogen-bond donors (Lipinski definition) is 2. The van der Waals surface area contributed by atoms with Crippen LogP contribution in [-0.2, 0) is 4.79 Å². The number of hydrogen-bond acceptors (Lipinski definition) is 3. The molecule has 4 aliphatic rings. The molecule has 0 aliphatic heterocycles. The maximum absolute atomic E-state index is 12.1. The Morgan fingerprint density at radius 1 is 1.17 bits per heavy atom. The van der Waals surface area contributed by atoms with Crippen molar-refractivity contribution in [1.29, 1.82) is 0 Å². The monoisotopic (exact) mass is 332 g/mol. The molecule has 24 heavy (non-hydrogen) atoms. The van der Waals surface area contributed by atoms with Crippen molar-refractivity contribution in [3.8, 4) is 0 Å². The fraction of sp³-hybridized carbons (Fsp3) is 0.857. The number of aliphatic hydroxyl groups is 2. The van der Waals surface area contributed by atoms with Gasteiger partial charge in [-0.05, 0) is 73.2 Å². The molecule has 0 radical (unpaired) electrons. The maximum Gasteiger partial charge on any atom is 0.155 e. The van der Waals surface area contributed by atoms with E-state index in [2.05, 4.69) is 20.8 Å². The summed E-state index contributed by atoms with van der Waals surface area (Å²) in [7, 11) is 0. The van der Waals surface area contributed by atoms with Gasteiger partial charge >= 0.3 is 0 Å². The van der Waals surface area contributed by atoms with Crippen LogP contribution in [0.1, 0.15) is 59.3 Å². The summed E-state index contributed by atoms with van der Waals surface area (Å²) in [6.45, 7) is 6.97. The van der Waals surface area contributed by atoms with Crippen LogP contribution in [0.4, 0.5) is 0 Å². The normalized spacial score (nSPS) is 53.9. The van der Waals surface area contributed by atoms with Gasteiger partial charge in [-0.1, -0.05) is 26.3 Å². The highest BCUT2D eigenvalue weighted by atomic mass is 16.3. The van der Waals surface area contributed by atoms with Crippen molar-refractivity contribution in [1.82, 2.24) is 0 Å². The number of carbonyl (C=O) groups excluding carboxylic acids is 1. The minimum Gasteiger partial charge on any atom is -0.395 e. The largest absolute Gasteiger partial charge is 0.395 e. The Morgan fingerprint density at radius 3 is 2.62 bits per heavy atom. The fourth-order valence-corrected chi connectivity index (χ4v) is 7.46. The van der Waals surface area contributed by atoms with Crippen molar-refractivity contribution in [2.75, 3.05) is 6.61 Å². The molecule has 3 unspecified atom stereocenters. The van der Waals surface area contributed by atoms with Crippen molar-refractivity contribution >= 4 is 5.78 Å². The second kappa shape index (κ2) is 5.41. The molecular formula is C21H32O3. The van der Waals surface area contributed by atoms with Crippen LogP contribution < -0.4 is 0 Å². The van der Waals surface area contributed by atoms with Gasteiger partial charge in [0.25, 0.3) is 0 Å². The summed E-state index contributed by atoms with van der Waals surface area (Å²) in [6.07, 6.45) is 7.42. The molecule has 0 aromatic heterocycles. The second-order valence-electron chi connectivity index (χ2n) is 9.55. The van der Waals surface area contributed by atoms with Crippen LogP contribution >= 0.6 is 0 Å². The van der Waals surface area contributed by atoms with E-state index in [0.29, 0.717) is 30.1 Å². The molecule has 0 saturated heterocycles. The van der Waals surface area contributed by atoms with Gasteiger partial charge in [0.15, 0.2) is 5.78 Å². The molecule has 0 spiro atoms. The lowest BCUT2D eigenvalue weighted by atomic mass is 9.43. The van der Waals surface area contributed by atoms with Crippen LogP contribution in [0, 0.1) is 40.4 Å². The molecule has 0 bridgehead atoms. The number of carbonyl (C=O) groups is 1. The predicted molar refractivity (Wildman–Crippen MR) is 93.2 cm³/mol. The maximum atomic E-state index is 12.1. The minimum atomic E-state index is -0.194. The zero-order chi connectivity index (χ0) is 17.3. The van der Waals surface area contributed by atoms with Crippen molar-refractivity contribution in [2.45, 2.75) is 65.4 Å². The summed E-state index contributed by atoms with van der Waals surface area (Å²) in [5, 5.41) is 21.1. The summed E-state index contributed by atoms with van der Waals surface area (Å²) >= 11 is 0. The van der Waals surface area contributed by atoms with Crippen LogP contribution in [-0.4, -0.2) is 28.7 Å². The molecule has 3 nitrogen and oxygen atoms in total. The van der Waals surface area contributed by atoms with Crippen LogP contribution in [0.2, 0.25) is 0 Å². The van der Waals surface area contributed by atoms with E-state index in [9.17, 15) is 15.0 Å². The zero-order valence-corrected chi connectivity index (χ0v) is 15.3. The van der Waals surface area contributed by atoms with Gasteiger partial charge in [-0.15, -0.1) is 0 Å². The molecular weight excluding hydrogens is 300 g/mol. The standard InChI is InChI=1S/C21H32O3/c1-12-8-14-10-15(23)9-13(2)21(14,11-22)17-6-7-20(3)16(19(12)17)4-5-18(20)24/h10,12-13,16-19,22,24H,4-9,11H2,1-3H3/t12?,13?,16-,17+,18?,19-,20-,21-/m0/s1. The first kappa shape index (κ1) is 16.8. The molecule has 3 heteroatoms. The van der Waals surface area contributed by atoms with Crippen molar-refractivity contribution in [2.24, 2.45) is 40.4 Å². The lowest BCUT2D eigenvalue weighted by molar-refractivity contribution is -0.133. The number of fused-ring (bicyclic) bond motifs is 5. The molecule has 134 valence electrons. The summed E-state index contributed by atoms with van der Waals surface area (Å²) in [5.41, 5.74) is 1.09. The van der Waals surface area contributed by atoms with E-state index < -0.39 is 0 Å². The fourth-order valence-electron chi connectivity index (χ4n) is 7.46. The molecule has 3 fully saturated rings. The van der Waals surface area contributed by atoms with Gasteiger partial charge in [0.2, 0.25) is 0 Å². The van der Waals surface area contributed by atoms with Gasteiger partial charge in [0, 0.05) is 11.8 Å². The highest BCUT2D eigenvalue weighted by Crippen LogP contribution is 2.67. The summed E-state index contributed by atoms with van der Waals surface area (Å²) in [6, 6.07) is 0. The average molecular weight is 332 g/mol. The van der Waals surface area contributed by atoms with Gasteiger partial charge in [-0.25, -0.2) is 0 Å². The second-order valence-corrected chi connectivity index (χ2v) is 9.55. The lowest BCUT2D eigenvalue weighted by Crippen LogP contribution is -2.58. The molecule has 0 aromatic carbocycles. The topological polar surface area (TPSA) is 57.5 Å². The van der Waals surface area contributed by atoms with E-state index in [1.54, 1.807) is 0 Å². The predicted octanol–water partition coefficient (Wildman–Crippen LogP) is 3.34. The zero-order valence-electron chi connectivity index (χ0n) is 15.3. The third-order valence-corrected chi connectivity index (χ3v) is 8.72. The third kappa shape index (κ3) is 1.94. The minimum absolute atomic E-state index is 0.0566. The van der Waals surface area contributed by atoms with E-state index >= 15 is 0 Å². The first-order chi connectivity index (χ1) is 11.3. The Morgan fingerprint density at radius 2 is 1.92 bits per heavy atom. The SMILES string of the molecule is CC1CC2=CC(=O)CC(C)[C@]2(CO)[C@@H]2CC[C@]3(C)C(O)CC[C@H]3[C@H]12. The van der Waals surface area contributed by atoms with Gasteiger partial charge in [0.05, 0.1) is 12.7 Å². The highest BCUT2D eigenvalue weighted by molar-refractivity contribution is 5.92. The molecule has 8 atom stereocenters. The Bertz CT molecular complexity index is 582. The van der Waals surface area contributed by atoms with Crippen molar-refractivity contribution in [3.63, 3.8) is 0 Å². The number of ketones is 1. The Kier molecular flexibility index (Phi) is 3.78. The summed E-state index contributed by atoms with van der Waals surface area (Å²) < 4.78 is 0. The first-order valence-electron chi connectivity index (χ1n) is 9.87. The van der Waals surface area contributed by atoms with E-state index in [1.165, 1.54) is 5.57 Å². The van der Waals surface area contributed by atoms with E-state index in [-0.39, 0.29) is 35.2 Å². The highest BCUT2D eigenvalue weighted by Gasteiger charge is 2.62. The summed E-state index contributed by atoms with van der Waals surface area (Å²) in [5.74, 6) is 2.60. The van der Waals surface area contributed by atoms with Gasteiger partial charge in [0.1, 0.15) is 0 Å². The molecule has 4 aliphatic carbocycles. The van der Waals surface area contributed by atoms with E-state index in [0.717, 1.165) is 32.1 Å². The van der Waals surface area contributed by atoms with Crippen LogP contribution in [0.3, 0.4) is 0 Å².